The predicted molar refractivity (Wildman–Crippen MR) is 66.2 cm³/mol. The van der Waals surface area contributed by atoms with Crippen molar-refractivity contribution in [3.8, 4) is 17.0 Å². The van der Waals surface area contributed by atoms with Gasteiger partial charge in [-0.3, -0.25) is 0 Å². The van der Waals surface area contributed by atoms with Crippen LogP contribution in [0.3, 0.4) is 0 Å². The van der Waals surface area contributed by atoms with Crippen LogP contribution in [0.15, 0.2) is 36.5 Å². The highest BCUT2D eigenvalue weighted by atomic mass is 35.5. The van der Waals surface area contributed by atoms with E-state index in [0.29, 0.717) is 11.4 Å². The number of methoxy groups -OCH3 is 1. The molecular formula is C13H9ClF3NO. The van der Waals surface area contributed by atoms with E-state index in [-0.39, 0.29) is 10.6 Å². The molecule has 0 saturated heterocycles. The van der Waals surface area contributed by atoms with Crippen molar-refractivity contribution in [1.29, 1.82) is 0 Å². The lowest BCUT2D eigenvalue weighted by Crippen LogP contribution is -2.07. The largest absolute Gasteiger partial charge is 0.481 e. The van der Waals surface area contributed by atoms with Crippen molar-refractivity contribution in [2.75, 3.05) is 7.11 Å². The van der Waals surface area contributed by atoms with E-state index in [2.05, 4.69) is 4.98 Å². The van der Waals surface area contributed by atoms with Crippen molar-refractivity contribution < 1.29 is 17.9 Å². The maximum absolute atomic E-state index is 12.9. The van der Waals surface area contributed by atoms with Crippen LogP contribution in [0.4, 0.5) is 13.2 Å². The van der Waals surface area contributed by atoms with Crippen molar-refractivity contribution in [3.05, 3.63) is 47.1 Å². The quantitative estimate of drug-likeness (QED) is 0.815. The number of halogens is 4. The van der Waals surface area contributed by atoms with Crippen molar-refractivity contribution in [2.45, 2.75) is 6.18 Å². The van der Waals surface area contributed by atoms with Crippen molar-refractivity contribution in [2.24, 2.45) is 0 Å². The minimum Gasteiger partial charge on any atom is -0.481 e. The van der Waals surface area contributed by atoms with Crippen LogP contribution in [-0.4, -0.2) is 12.1 Å². The molecule has 2 aromatic rings. The highest BCUT2D eigenvalue weighted by Crippen LogP contribution is 2.38. The molecule has 0 aliphatic rings. The molecule has 0 N–H and O–H groups in total. The van der Waals surface area contributed by atoms with Gasteiger partial charge in [-0.15, -0.1) is 0 Å². The Hall–Kier alpha value is -1.75. The zero-order valence-corrected chi connectivity index (χ0v) is 10.6. The Balaban J connectivity index is 2.56. The molecule has 0 spiro atoms. The van der Waals surface area contributed by atoms with Gasteiger partial charge in [-0.25, -0.2) is 4.98 Å². The zero-order chi connectivity index (χ0) is 14.0. The average molecular weight is 288 g/mol. The molecule has 2 nitrogen and oxygen atoms in total. The summed E-state index contributed by atoms with van der Waals surface area (Å²) >= 11 is 5.76. The minimum absolute atomic E-state index is 0.00449. The molecule has 0 atom stereocenters. The summed E-state index contributed by atoms with van der Waals surface area (Å²) in [5.41, 5.74) is -0.422. The summed E-state index contributed by atoms with van der Waals surface area (Å²) in [6.45, 7) is 0. The maximum atomic E-state index is 12.9. The lowest BCUT2D eigenvalue weighted by atomic mass is 10.0. The normalized spacial score (nSPS) is 11.4. The second-order valence-electron chi connectivity index (χ2n) is 3.78. The van der Waals surface area contributed by atoms with Gasteiger partial charge in [0, 0.05) is 22.8 Å². The van der Waals surface area contributed by atoms with E-state index in [1.54, 1.807) is 0 Å². The Morgan fingerprint density at radius 1 is 1.16 bits per heavy atom. The van der Waals surface area contributed by atoms with Gasteiger partial charge in [0.05, 0.1) is 12.7 Å². The minimum atomic E-state index is -4.44. The lowest BCUT2D eigenvalue weighted by Gasteiger charge is -2.13. The second kappa shape index (κ2) is 5.09. The molecule has 100 valence electrons. The van der Waals surface area contributed by atoms with Crippen LogP contribution >= 0.6 is 11.6 Å². The number of aromatic nitrogens is 1. The van der Waals surface area contributed by atoms with Gasteiger partial charge in [-0.2, -0.15) is 13.2 Å². The summed E-state index contributed by atoms with van der Waals surface area (Å²) in [4.78, 5) is 3.89. The number of benzene rings is 1. The molecule has 0 unspecified atom stereocenters. The first-order valence-corrected chi connectivity index (χ1v) is 5.67. The molecule has 1 heterocycles. The Morgan fingerprint density at radius 3 is 2.42 bits per heavy atom. The lowest BCUT2D eigenvalue weighted by molar-refractivity contribution is -0.137. The predicted octanol–water partition coefficient (Wildman–Crippen LogP) is 4.43. The number of pyridine rings is 1. The van der Waals surface area contributed by atoms with E-state index < -0.39 is 11.7 Å². The molecule has 19 heavy (non-hydrogen) atoms. The van der Waals surface area contributed by atoms with Crippen LogP contribution in [-0.2, 0) is 6.18 Å². The van der Waals surface area contributed by atoms with Crippen LogP contribution in [0, 0.1) is 0 Å². The number of alkyl halides is 3. The number of nitrogens with zero attached hydrogens (tertiary/aromatic N) is 1. The van der Waals surface area contributed by atoms with Gasteiger partial charge in [-0.1, -0.05) is 11.6 Å². The summed E-state index contributed by atoms with van der Waals surface area (Å²) in [5, 5.41) is 0.235. The molecule has 1 aromatic carbocycles. The van der Waals surface area contributed by atoms with Crippen LogP contribution < -0.4 is 4.74 Å². The number of hydrogen-bond acceptors (Lipinski definition) is 2. The molecule has 6 heteroatoms. The van der Waals surface area contributed by atoms with Gasteiger partial charge in [0.1, 0.15) is 0 Å². The first-order chi connectivity index (χ1) is 8.91. The number of rotatable bonds is 2. The molecule has 0 aliphatic heterocycles. The Morgan fingerprint density at radius 2 is 1.89 bits per heavy atom. The van der Waals surface area contributed by atoms with Crippen LogP contribution in [0.5, 0.6) is 5.88 Å². The maximum Gasteiger partial charge on any atom is 0.417 e. The zero-order valence-electron chi connectivity index (χ0n) is 9.83. The van der Waals surface area contributed by atoms with E-state index in [4.69, 9.17) is 16.3 Å². The Bertz CT molecular complexity index is 581. The summed E-state index contributed by atoms with van der Waals surface area (Å²) in [6, 6.07) is 6.45. The topological polar surface area (TPSA) is 22.1 Å². The van der Waals surface area contributed by atoms with Gasteiger partial charge in [0.25, 0.3) is 0 Å². The highest BCUT2D eigenvalue weighted by molar-refractivity contribution is 6.30. The van der Waals surface area contributed by atoms with Gasteiger partial charge >= 0.3 is 6.18 Å². The van der Waals surface area contributed by atoms with Crippen molar-refractivity contribution in [3.63, 3.8) is 0 Å². The molecule has 0 radical (unpaired) electrons. The van der Waals surface area contributed by atoms with Gasteiger partial charge in [0.15, 0.2) is 0 Å². The fraction of sp³-hybridized carbons (Fsp3) is 0.154. The first-order valence-electron chi connectivity index (χ1n) is 5.29. The van der Waals surface area contributed by atoms with Gasteiger partial charge in [-0.05, 0) is 29.8 Å². The number of ether oxygens (including phenoxy) is 1. The van der Waals surface area contributed by atoms with Crippen molar-refractivity contribution >= 4 is 11.6 Å². The van der Waals surface area contributed by atoms with Gasteiger partial charge in [0.2, 0.25) is 5.88 Å². The van der Waals surface area contributed by atoms with E-state index in [9.17, 15) is 13.2 Å². The van der Waals surface area contributed by atoms with E-state index >= 15 is 0 Å². The summed E-state index contributed by atoms with van der Waals surface area (Å²) in [6.07, 6.45) is -3.13. The molecule has 2 rings (SSSR count). The average Bonchev–Trinajstić information content (AvgIpc) is 2.37. The summed E-state index contributed by atoms with van der Waals surface area (Å²) < 4.78 is 43.6. The molecule has 0 aliphatic carbocycles. The fourth-order valence-electron chi connectivity index (χ4n) is 1.66. The van der Waals surface area contributed by atoms with Crippen LogP contribution in [0.25, 0.3) is 11.1 Å². The molecule has 0 amide bonds. The molecular weight excluding hydrogens is 279 g/mol. The molecule has 0 saturated carbocycles. The molecule has 1 aromatic heterocycles. The van der Waals surface area contributed by atoms with E-state index in [1.807, 2.05) is 0 Å². The van der Waals surface area contributed by atoms with Crippen LogP contribution in [0.1, 0.15) is 5.56 Å². The fourth-order valence-corrected chi connectivity index (χ4v) is 1.83. The first kappa shape index (κ1) is 13.7. The van der Waals surface area contributed by atoms with Crippen molar-refractivity contribution in [1.82, 2.24) is 4.98 Å². The monoisotopic (exact) mass is 287 g/mol. The molecule has 0 bridgehead atoms. The SMILES string of the molecule is COc1ccc(-c2cc(Cl)ccc2C(F)(F)F)cn1. The summed E-state index contributed by atoms with van der Waals surface area (Å²) in [5.74, 6) is 0.333. The summed E-state index contributed by atoms with van der Waals surface area (Å²) in [7, 11) is 1.43. The Kier molecular flexibility index (Phi) is 3.66. The van der Waals surface area contributed by atoms with E-state index in [0.717, 1.165) is 6.07 Å². The third-order valence-corrected chi connectivity index (χ3v) is 2.78. The standard InChI is InChI=1S/C13H9ClF3NO/c1-19-12-5-2-8(7-18-12)10-6-9(14)3-4-11(10)13(15,16)17/h2-7H,1H3. The smallest absolute Gasteiger partial charge is 0.417 e. The third kappa shape index (κ3) is 2.98. The number of hydrogen-bond donors (Lipinski definition) is 0. The Labute approximate surface area is 112 Å². The highest BCUT2D eigenvalue weighted by Gasteiger charge is 2.33. The van der Waals surface area contributed by atoms with E-state index in [1.165, 1.54) is 37.6 Å². The van der Waals surface area contributed by atoms with Crippen LogP contribution in [0.2, 0.25) is 5.02 Å². The third-order valence-electron chi connectivity index (χ3n) is 2.54. The molecule has 0 fully saturated rings. The second-order valence-corrected chi connectivity index (χ2v) is 4.21. The van der Waals surface area contributed by atoms with Gasteiger partial charge < -0.3 is 4.74 Å².